The van der Waals surface area contributed by atoms with Crippen molar-refractivity contribution in [2.45, 2.75) is 80.3 Å². The molecule has 28 heteroatoms. The van der Waals surface area contributed by atoms with Gasteiger partial charge in [0.1, 0.15) is 30.4 Å². The summed E-state index contributed by atoms with van der Waals surface area (Å²) in [6.07, 6.45) is -11.6. The topological polar surface area (TPSA) is 386 Å². The molecule has 2 fully saturated rings. The summed E-state index contributed by atoms with van der Waals surface area (Å²) in [5, 5.41) is 51.3. The predicted molar refractivity (Wildman–Crippen MR) is 179 cm³/mol. The summed E-state index contributed by atoms with van der Waals surface area (Å²) in [6, 6.07) is 3.93. The van der Waals surface area contributed by atoms with Crippen molar-refractivity contribution in [2.24, 2.45) is 10.2 Å². The third kappa shape index (κ3) is 8.57. The molecule has 1 aromatic carbocycles. The highest BCUT2D eigenvalue weighted by Crippen LogP contribution is 2.55. The molecule has 0 amide bonds. The fourth-order valence-electron chi connectivity index (χ4n) is 5.59. The molecule has 8 atom stereocenters. The van der Waals surface area contributed by atoms with Crippen LogP contribution in [0.15, 0.2) is 71.0 Å². The molecule has 2 aliphatic heterocycles. The van der Waals surface area contributed by atoms with E-state index < -0.39 is 107 Å². The molecule has 6 N–H and O–H groups in total. The Morgan fingerprint density at radius 2 is 1.25 bits per heavy atom. The van der Waals surface area contributed by atoms with Gasteiger partial charge in [-0.15, -0.1) is 0 Å². The van der Waals surface area contributed by atoms with Crippen LogP contribution in [0.1, 0.15) is 36.4 Å². The predicted octanol–water partition coefficient (Wildman–Crippen LogP) is -0.463. The van der Waals surface area contributed by atoms with Crippen LogP contribution >= 0.6 is 7.82 Å². The van der Waals surface area contributed by atoms with Gasteiger partial charge in [0.2, 0.25) is 0 Å². The van der Waals surface area contributed by atoms with Crippen LogP contribution in [0.25, 0.3) is 20.9 Å². The Bertz CT molecular complexity index is 2350. The molecule has 0 spiro atoms. The van der Waals surface area contributed by atoms with Crippen molar-refractivity contribution in [3.05, 3.63) is 110 Å². The Hall–Kier alpha value is -5.14. The van der Waals surface area contributed by atoms with E-state index in [1.807, 2.05) is 9.97 Å². The average molecular weight is 815 g/mol. The van der Waals surface area contributed by atoms with Crippen molar-refractivity contribution < 1.29 is 56.5 Å². The first kappa shape index (κ1) is 41.0. The lowest BCUT2D eigenvalue weighted by Gasteiger charge is -2.32. The second-order valence-corrected chi connectivity index (χ2v) is 15.8. The molecule has 0 radical (unpaired) electrons. The summed E-state index contributed by atoms with van der Waals surface area (Å²) < 4.78 is 66.7. The van der Waals surface area contributed by atoms with E-state index in [0.29, 0.717) is 0 Å². The lowest BCUT2D eigenvalue weighted by molar-refractivity contribution is -0.204. The molecule has 26 nitrogen and oxygen atoms in total. The molecule has 2 unspecified atom stereocenters. The van der Waals surface area contributed by atoms with Crippen LogP contribution in [0.5, 0.6) is 5.75 Å². The van der Waals surface area contributed by atoms with Gasteiger partial charge in [0.05, 0.1) is 4.90 Å². The summed E-state index contributed by atoms with van der Waals surface area (Å²) in [4.78, 5) is 57.7. The van der Waals surface area contributed by atoms with Crippen LogP contribution in [0, 0.1) is 13.8 Å². The number of aliphatic hydroxyl groups is 4. The van der Waals surface area contributed by atoms with Gasteiger partial charge in [0.25, 0.3) is 11.1 Å². The summed E-state index contributed by atoms with van der Waals surface area (Å²) in [5.74, 6) is -0.494. The van der Waals surface area contributed by atoms with Gasteiger partial charge in [-0.1, -0.05) is 10.2 Å². The highest BCUT2D eigenvalue weighted by molar-refractivity contribution is 7.90. The SMILES string of the molecule is Cc1cn([C@H]2C[C@@](O)(N=[N+]=[N-])[C@@H](C(O)OP(=O)(Oc3ccc(S(C)(=O)=O)cc3)OC(O)[C@H]3O[C@@H](n4cc(C)c(=O)[nH]c4=O)C[C@@]3(O)N=[N+]=[N-])O2)c(=O)[nH]c1=O. The number of hydrogen-bond donors (Lipinski definition) is 6. The highest BCUT2D eigenvalue weighted by Gasteiger charge is 2.57. The fourth-order valence-corrected chi connectivity index (χ4v) is 7.48. The number of H-pyrrole nitrogens is 2. The summed E-state index contributed by atoms with van der Waals surface area (Å²) in [7, 11) is -9.39. The van der Waals surface area contributed by atoms with E-state index in [0.717, 1.165) is 52.0 Å². The maximum Gasteiger partial charge on any atom is 0.534 e. The summed E-state index contributed by atoms with van der Waals surface area (Å²) in [6.45, 7) is 2.66. The zero-order valence-electron chi connectivity index (χ0n) is 28.5. The first-order valence-electron chi connectivity index (χ1n) is 15.5. The van der Waals surface area contributed by atoms with Crippen LogP contribution in [-0.2, 0) is 32.9 Å². The lowest BCUT2D eigenvalue weighted by Crippen LogP contribution is -2.46. The van der Waals surface area contributed by atoms with Gasteiger partial charge in [-0.25, -0.2) is 31.6 Å². The zero-order valence-corrected chi connectivity index (χ0v) is 30.2. The smallest absolute Gasteiger partial charge is 0.404 e. The second kappa shape index (κ2) is 15.2. The Morgan fingerprint density at radius 3 is 1.62 bits per heavy atom. The fraction of sp³-hybridized carbons (Fsp3) is 0.481. The largest absolute Gasteiger partial charge is 0.534 e. The minimum Gasteiger partial charge on any atom is -0.404 e. The Labute approximate surface area is 305 Å². The van der Waals surface area contributed by atoms with Crippen LogP contribution < -0.4 is 27.0 Å². The Kier molecular flexibility index (Phi) is 11.3. The molecule has 2 saturated heterocycles. The number of phosphoric acid groups is 1. The Morgan fingerprint density at radius 1 is 0.855 bits per heavy atom. The van der Waals surface area contributed by atoms with Crippen molar-refractivity contribution in [1.29, 1.82) is 0 Å². The Balaban J connectivity index is 1.50. The highest BCUT2D eigenvalue weighted by atomic mass is 32.2. The number of azide groups is 2. The van der Waals surface area contributed by atoms with Crippen LogP contribution in [0.4, 0.5) is 0 Å². The maximum absolute atomic E-state index is 14.3. The molecule has 2 aromatic heterocycles. The summed E-state index contributed by atoms with van der Waals surface area (Å²) >= 11 is 0. The average Bonchev–Trinajstić information content (AvgIpc) is 3.61. The molecule has 3 aromatic rings. The minimum absolute atomic E-state index is 0.00979. The van der Waals surface area contributed by atoms with E-state index in [9.17, 15) is 63.6 Å². The second-order valence-electron chi connectivity index (χ2n) is 12.3. The monoisotopic (exact) mass is 814 g/mol. The van der Waals surface area contributed by atoms with E-state index in [-0.39, 0.29) is 16.0 Å². The molecule has 4 heterocycles. The van der Waals surface area contributed by atoms with Crippen molar-refractivity contribution in [2.75, 3.05) is 6.26 Å². The van der Waals surface area contributed by atoms with Crippen molar-refractivity contribution >= 4 is 17.7 Å². The zero-order chi connectivity index (χ0) is 40.7. The standard InChI is InChI=1S/C27H31N10O16PS/c1-12-10-36(24(42)30-20(12)38)16-8-26(44,32-34-28)18(49-16)22(40)52-54(46,51-14-4-6-15(7-5-14)55(3,47)48)53-23(41)19-27(45,33-35-29)9-17(50-19)37-11-13(2)21(39)31-25(37)43/h4-7,10-11,16-19,22-23,40-41,44-45H,8-9H2,1-3H3,(H,30,38,42)(H,31,39,43)/t16-,17-,18-,19-,22?,23?,26+,27+,54?/m1/s1. The van der Waals surface area contributed by atoms with Crippen molar-refractivity contribution in [3.8, 4) is 5.75 Å². The van der Waals surface area contributed by atoms with E-state index in [2.05, 4.69) is 20.1 Å². The molecular weight excluding hydrogens is 783 g/mol. The molecular formula is C27H31N10O16PS. The molecule has 55 heavy (non-hydrogen) atoms. The first-order chi connectivity index (χ1) is 25.6. The number of aliphatic hydroxyl groups excluding tert-OH is 2. The number of sulfone groups is 1. The quantitative estimate of drug-likeness (QED) is 0.0418. The van der Waals surface area contributed by atoms with E-state index in [4.69, 9.17) is 23.0 Å². The molecule has 0 aliphatic carbocycles. The van der Waals surface area contributed by atoms with Crippen molar-refractivity contribution in [1.82, 2.24) is 19.1 Å². The third-order valence-electron chi connectivity index (χ3n) is 8.28. The maximum atomic E-state index is 14.3. The van der Waals surface area contributed by atoms with Gasteiger partial charge < -0.3 is 34.4 Å². The summed E-state index contributed by atoms with van der Waals surface area (Å²) in [5.41, 5.74) is 9.23. The molecule has 0 bridgehead atoms. The number of phosphoric ester groups is 1. The van der Waals surface area contributed by atoms with Crippen LogP contribution in [-0.4, -0.2) is 90.4 Å². The number of ether oxygens (including phenoxy) is 2. The van der Waals surface area contributed by atoms with E-state index >= 15 is 0 Å². The first-order valence-corrected chi connectivity index (χ1v) is 18.8. The number of hydrogen-bond acceptors (Lipinski definition) is 18. The van der Waals surface area contributed by atoms with E-state index in [1.54, 1.807) is 0 Å². The third-order valence-corrected chi connectivity index (χ3v) is 10.8. The minimum atomic E-state index is -5.63. The van der Waals surface area contributed by atoms with Gasteiger partial charge >= 0.3 is 19.2 Å². The number of aromatic amines is 2. The number of aromatic nitrogens is 4. The molecule has 5 rings (SSSR count). The number of benzene rings is 1. The van der Waals surface area contributed by atoms with Crippen molar-refractivity contribution in [3.63, 3.8) is 0 Å². The van der Waals surface area contributed by atoms with Crippen LogP contribution in [0.3, 0.4) is 0 Å². The molecule has 0 saturated carbocycles. The van der Waals surface area contributed by atoms with Gasteiger partial charge in [-0.2, -0.15) is 0 Å². The van der Waals surface area contributed by atoms with Crippen LogP contribution in [0.2, 0.25) is 0 Å². The normalized spacial score (nSPS) is 27.3. The molecule has 2 aliphatic rings. The van der Waals surface area contributed by atoms with Gasteiger partial charge in [0.15, 0.2) is 33.9 Å². The number of nitrogens with zero attached hydrogens (tertiary/aromatic N) is 8. The number of nitrogens with one attached hydrogen (secondary N) is 2. The lowest BCUT2D eigenvalue weighted by atomic mass is 10.1. The van der Waals surface area contributed by atoms with E-state index in [1.165, 1.54) is 13.8 Å². The molecule has 296 valence electrons. The van der Waals surface area contributed by atoms with Gasteiger partial charge in [0, 0.05) is 52.4 Å². The van der Waals surface area contributed by atoms with Gasteiger partial charge in [-0.3, -0.25) is 28.7 Å². The number of aryl methyl sites for hydroxylation is 2. The van der Waals surface area contributed by atoms with Gasteiger partial charge in [-0.05, 0) is 49.2 Å². The number of rotatable bonds is 13.